The molecule has 1 aliphatic heterocycles. The zero-order valence-corrected chi connectivity index (χ0v) is 16.8. The Labute approximate surface area is 145 Å². The Morgan fingerprint density at radius 2 is 2.04 bits per heavy atom. The van der Waals surface area contributed by atoms with Crippen molar-refractivity contribution < 1.29 is 19.1 Å². The van der Waals surface area contributed by atoms with Gasteiger partial charge in [-0.3, -0.25) is 4.79 Å². The largest absolute Gasteiger partial charge is 0.480 e. The van der Waals surface area contributed by atoms with E-state index in [1.807, 2.05) is 6.92 Å². The van der Waals surface area contributed by atoms with Crippen LogP contribution in [0.3, 0.4) is 0 Å². The van der Waals surface area contributed by atoms with Crippen molar-refractivity contribution in [2.75, 3.05) is 0 Å². The Morgan fingerprint density at radius 1 is 1.52 bits per heavy atom. The molecule has 0 aromatic rings. The highest BCUT2D eigenvalue weighted by molar-refractivity contribution is 7.81. The van der Waals surface area contributed by atoms with Crippen molar-refractivity contribution >= 4 is 32.8 Å². The van der Waals surface area contributed by atoms with Gasteiger partial charge in [0.15, 0.2) is 8.32 Å². The topological polar surface area (TPSA) is 66.8 Å². The minimum atomic E-state index is -2.00. The molecule has 1 aliphatic rings. The van der Waals surface area contributed by atoms with Crippen LogP contribution in [0.15, 0.2) is 12.7 Å². The third-order valence-corrected chi connectivity index (χ3v) is 10.1. The second-order valence-corrected chi connectivity index (χ2v) is 12.9. The van der Waals surface area contributed by atoms with Crippen LogP contribution in [-0.4, -0.2) is 47.7 Å². The fourth-order valence-corrected chi connectivity index (χ4v) is 4.58. The molecule has 0 spiro atoms. The predicted molar refractivity (Wildman–Crippen MR) is 97.1 cm³/mol. The summed E-state index contributed by atoms with van der Waals surface area (Å²) in [4.78, 5) is 25.2. The van der Waals surface area contributed by atoms with E-state index in [9.17, 15) is 14.7 Å². The number of carboxylic acids is 1. The molecule has 1 rings (SSSR count). The number of thiol groups is 1. The summed E-state index contributed by atoms with van der Waals surface area (Å²) in [5.41, 5.74) is 0. The molecule has 4 atom stereocenters. The Hall–Kier alpha value is -0.793. The first-order valence-electron chi connectivity index (χ1n) is 7.87. The minimum Gasteiger partial charge on any atom is -0.480 e. The zero-order chi connectivity index (χ0) is 18.2. The molecule has 0 bridgehead atoms. The summed E-state index contributed by atoms with van der Waals surface area (Å²) in [6, 6.07) is -0.904. The fourth-order valence-electron chi connectivity index (χ4n) is 2.51. The first-order valence-corrected chi connectivity index (χ1v) is 11.3. The van der Waals surface area contributed by atoms with Crippen molar-refractivity contribution in [2.24, 2.45) is 5.92 Å². The van der Waals surface area contributed by atoms with Crippen molar-refractivity contribution in [3.05, 3.63) is 12.7 Å². The van der Waals surface area contributed by atoms with Crippen LogP contribution in [0.25, 0.3) is 0 Å². The lowest BCUT2D eigenvalue weighted by Gasteiger charge is -2.51. The molecule has 0 aromatic heterocycles. The number of nitrogens with zero attached hydrogens (tertiary/aromatic N) is 1. The first-order chi connectivity index (χ1) is 10.3. The molecule has 1 N–H and O–H groups in total. The van der Waals surface area contributed by atoms with Crippen LogP contribution in [0.2, 0.25) is 18.1 Å². The number of rotatable bonds is 7. The highest BCUT2D eigenvalue weighted by Crippen LogP contribution is 2.41. The first kappa shape index (κ1) is 20.3. The van der Waals surface area contributed by atoms with Crippen LogP contribution in [0, 0.1) is 5.92 Å². The number of amides is 1. The summed E-state index contributed by atoms with van der Waals surface area (Å²) < 4.78 is 6.27. The molecule has 0 radical (unpaired) electrons. The van der Waals surface area contributed by atoms with Crippen molar-refractivity contribution in [1.29, 1.82) is 0 Å². The van der Waals surface area contributed by atoms with Gasteiger partial charge in [0.2, 0.25) is 5.91 Å². The molecule has 132 valence electrons. The van der Waals surface area contributed by atoms with Crippen LogP contribution in [-0.2, 0) is 14.0 Å². The van der Waals surface area contributed by atoms with E-state index in [0.29, 0.717) is 0 Å². The number of carbonyl (C=O) groups is 2. The van der Waals surface area contributed by atoms with Crippen molar-refractivity contribution in [2.45, 2.75) is 69.8 Å². The molecule has 0 saturated carbocycles. The van der Waals surface area contributed by atoms with E-state index in [1.54, 1.807) is 0 Å². The van der Waals surface area contributed by atoms with Gasteiger partial charge >= 0.3 is 5.97 Å². The number of likely N-dealkylation sites (tertiary alicyclic amines) is 1. The number of carbonyl (C=O) groups excluding carboxylic acids is 1. The van der Waals surface area contributed by atoms with Crippen molar-refractivity contribution in [3.8, 4) is 0 Å². The number of β-lactam (4-membered cyclic amide) rings is 1. The van der Waals surface area contributed by atoms with Gasteiger partial charge in [-0.1, -0.05) is 26.8 Å². The summed E-state index contributed by atoms with van der Waals surface area (Å²) in [5, 5.41) is 8.90. The standard InChI is InChI=1S/C16H29NO4SSi/c1-8-9-11(15(19)20)17-13(18)12(14(17)22)10(2)21-23(6,7)16(3,4)5/h8,10-12,14,22H,1,9H2,2-7H3,(H,19,20). The summed E-state index contributed by atoms with van der Waals surface area (Å²) >= 11 is 4.47. The van der Waals surface area contributed by atoms with Gasteiger partial charge in [-0.05, 0) is 31.5 Å². The lowest BCUT2D eigenvalue weighted by atomic mass is 9.90. The van der Waals surface area contributed by atoms with Gasteiger partial charge in [0, 0.05) is 0 Å². The van der Waals surface area contributed by atoms with Gasteiger partial charge in [0.05, 0.1) is 17.4 Å². The molecule has 1 saturated heterocycles. The molecule has 4 unspecified atom stereocenters. The van der Waals surface area contributed by atoms with Crippen LogP contribution in [0.5, 0.6) is 0 Å². The molecule has 7 heteroatoms. The van der Waals surface area contributed by atoms with E-state index in [4.69, 9.17) is 4.43 Å². The van der Waals surface area contributed by atoms with Crippen LogP contribution in [0.4, 0.5) is 0 Å². The third kappa shape index (κ3) is 4.00. The van der Waals surface area contributed by atoms with Crippen LogP contribution < -0.4 is 0 Å². The molecule has 1 heterocycles. The fraction of sp³-hybridized carbons (Fsp3) is 0.750. The van der Waals surface area contributed by atoms with Gasteiger partial charge in [0.1, 0.15) is 6.04 Å². The molecule has 0 aromatic carbocycles. The van der Waals surface area contributed by atoms with Gasteiger partial charge in [-0.2, -0.15) is 12.6 Å². The van der Waals surface area contributed by atoms with Crippen LogP contribution >= 0.6 is 12.6 Å². The van der Waals surface area contributed by atoms with E-state index in [1.165, 1.54) is 11.0 Å². The molecule has 5 nitrogen and oxygen atoms in total. The second kappa shape index (κ2) is 6.99. The van der Waals surface area contributed by atoms with Crippen molar-refractivity contribution in [3.63, 3.8) is 0 Å². The summed E-state index contributed by atoms with van der Waals surface area (Å²) in [6.07, 6.45) is 1.44. The highest BCUT2D eigenvalue weighted by atomic mass is 32.1. The Bertz CT molecular complexity index is 489. The lowest BCUT2D eigenvalue weighted by molar-refractivity contribution is -0.168. The highest BCUT2D eigenvalue weighted by Gasteiger charge is 2.54. The number of hydrogen-bond acceptors (Lipinski definition) is 4. The Balaban J connectivity index is 2.84. The third-order valence-electron chi connectivity index (χ3n) is 4.95. The van der Waals surface area contributed by atoms with Gasteiger partial charge in [-0.15, -0.1) is 6.58 Å². The maximum Gasteiger partial charge on any atom is 0.326 e. The molecule has 0 aliphatic carbocycles. The summed E-state index contributed by atoms with van der Waals surface area (Å²) in [7, 11) is -2.00. The number of aliphatic carboxylic acids is 1. The van der Waals surface area contributed by atoms with Crippen molar-refractivity contribution in [1.82, 2.24) is 4.90 Å². The van der Waals surface area contributed by atoms with Gasteiger partial charge < -0.3 is 14.4 Å². The van der Waals surface area contributed by atoms with E-state index in [0.717, 1.165) is 0 Å². The average Bonchev–Trinajstić information content (AvgIpc) is 2.36. The normalized spacial score (nSPS) is 24.8. The average molecular weight is 360 g/mol. The molecule has 1 amide bonds. The van der Waals surface area contributed by atoms with E-state index >= 15 is 0 Å². The molecule has 23 heavy (non-hydrogen) atoms. The summed E-state index contributed by atoms with van der Waals surface area (Å²) in [6.45, 7) is 16.1. The summed E-state index contributed by atoms with van der Waals surface area (Å²) in [5.74, 6) is -1.64. The van der Waals surface area contributed by atoms with E-state index < -0.39 is 31.6 Å². The quantitative estimate of drug-likeness (QED) is 0.317. The lowest BCUT2D eigenvalue weighted by Crippen LogP contribution is -2.67. The van der Waals surface area contributed by atoms with E-state index in [2.05, 4.69) is 53.1 Å². The second-order valence-electron chi connectivity index (χ2n) is 7.65. The Morgan fingerprint density at radius 3 is 2.39 bits per heavy atom. The molecular formula is C16H29NO4SSi. The number of carboxylic acid groups (broad SMARTS) is 1. The Kier molecular flexibility index (Phi) is 6.15. The van der Waals surface area contributed by atoms with Gasteiger partial charge in [-0.25, -0.2) is 4.79 Å². The van der Waals surface area contributed by atoms with Gasteiger partial charge in [0.25, 0.3) is 0 Å². The monoisotopic (exact) mass is 359 g/mol. The maximum absolute atomic E-state index is 12.5. The van der Waals surface area contributed by atoms with Crippen LogP contribution in [0.1, 0.15) is 34.1 Å². The molecular weight excluding hydrogens is 330 g/mol. The molecule has 1 fully saturated rings. The minimum absolute atomic E-state index is 0.0479. The smallest absolute Gasteiger partial charge is 0.326 e. The zero-order valence-electron chi connectivity index (χ0n) is 14.9. The SMILES string of the molecule is C=CCC(C(=O)O)N1C(=O)C(C(C)O[Si](C)(C)C(C)(C)C)C1S. The predicted octanol–water partition coefficient (Wildman–Crippen LogP) is 3.14. The number of hydrogen-bond donors (Lipinski definition) is 2. The van der Waals surface area contributed by atoms with E-state index in [-0.39, 0.29) is 23.5 Å². The maximum atomic E-state index is 12.5.